The van der Waals surface area contributed by atoms with Crippen LogP contribution in [0, 0.1) is 0 Å². The molecule has 0 spiro atoms. The molecule has 1 saturated heterocycles. The molecule has 6 nitrogen and oxygen atoms in total. The third-order valence-corrected chi connectivity index (χ3v) is 5.59. The maximum Gasteiger partial charge on any atom is 0.295 e. The van der Waals surface area contributed by atoms with Crippen LogP contribution < -0.4 is 9.47 Å². The average molecular weight is 424 g/mol. The van der Waals surface area contributed by atoms with E-state index in [9.17, 15) is 14.7 Å². The third kappa shape index (κ3) is 4.02. The van der Waals surface area contributed by atoms with E-state index < -0.39 is 17.7 Å². The molecule has 31 heavy (non-hydrogen) atoms. The number of aliphatic hydroxyl groups excluding tert-OH is 1. The monoisotopic (exact) mass is 423 g/mol. The van der Waals surface area contributed by atoms with Crippen molar-refractivity contribution in [3.05, 3.63) is 64.7 Å². The highest BCUT2D eigenvalue weighted by Gasteiger charge is 2.46. The smallest absolute Gasteiger partial charge is 0.295 e. The number of benzene rings is 2. The van der Waals surface area contributed by atoms with Gasteiger partial charge in [0.1, 0.15) is 22.8 Å². The second-order valence-electron chi connectivity index (χ2n) is 7.85. The van der Waals surface area contributed by atoms with E-state index in [-0.39, 0.29) is 16.9 Å². The molecule has 0 bridgehead atoms. The van der Waals surface area contributed by atoms with Gasteiger partial charge in [0.15, 0.2) is 0 Å². The fourth-order valence-corrected chi connectivity index (χ4v) is 3.98. The van der Waals surface area contributed by atoms with E-state index in [4.69, 9.17) is 9.47 Å². The lowest BCUT2D eigenvalue weighted by Gasteiger charge is -2.25. The third-order valence-electron chi connectivity index (χ3n) is 5.59. The number of hydrogen-bond acceptors (Lipinski definition) is 5. The number of methoxy groups -OCH3 is 2. The van der Waals surface area contributed by atoms with E-state index in [0.717, 1.165) is 11.1 Å². The molecule has 0 aliphatic carbocycles. The van der Waals surface area contributed by atoms with Crippen LogP contribution in [0.15, 0.2) is 48.0 Å². The summed E-state index contributed by atoms with van der Waals surface area (Å²) in [7, 11) is 2.95. The summed E-state index contributed by atoms with van der Waals surface area (Å²) >= 11 is 0. The largest absolute Gasteiger partial charge is 0.506 e. The van der Waals surface area contributed by atoms with E-state index >= 15 is 0 Å². The van der Waals surface area contributed by atoms with Gasteiger partial charge in [-0.05, 0) is 35.6 Å². The molecule has 1 heterocycles. The van der Waals surface area contributed by atoms with Crippen LogP contribution in [0.5, 0.6) is 11.5 Å². The number of carbonyl (C=O) groups is 2. The first kappa shape index (κ1) is 22.4. The summed E-state index contributed by atoms with van der Waals surface area (Å²) in [6.07, 6.45) is 0.686. The van der Waals surface area contributed by atoms with Gasteiger partial charge < -0.3 is 19.5 Å². The van der Waals surface area contributed by atoms with Crippen LogP contribution in [0.25, 0.3) is 5.76 Å². The highest BCUT2D eigenvalue weighted by Crippen LogP contribution is 2.43. The number of Topliss-reactive ketones (excluding diaryl/α,β-unsaturated/α-hetero) is 1. The molecule has 0 radical (unpaired) electrons. The van der Waals surface area contributed by atoms with Gasteiger partial charge in [-0.15, -0.1) is 0 Å². The molecule has 1 aliphatic rings. The number of carbonyl (C=O) groups excluding carboxylic acids is 2. The maximum atomic E-state index is 13.1. The van der Waals surface area contributed by atoms with Gasteiger partial charge in [-0.25, -0.2) is 0 Å². The molecular weight excluding hydrogens is 394 g/mol. The van der Waals surface area contributed by atoms with E-state index in [1.54, 1.807) is 18.2 Å². The van der Waals surface area contributed by atoms with Crippen molar-refractivity contribution in [2.24, 2.45) is 0 Å². The molecule has 164 valence electrons. The summed E-state index contributed by atoms with van der Waals surface area (Å²) in [5, 5.41) is 11.3. The summed E-state index contributed by atoms with van der Waals surface area (Å²) in [6, 6.07) is 12.2. The Morgan fingerprint density at radius 2 is 1.61 bits per heavy atom. The summed E-state index contributed by atoms with van der Waals surface area (Å²) in [6.45, 7) is 6.56. The molecule has 1 unspecified atom stereocenters. The number of nitrogens with zero attached hydrogens (tertiary/aromatic N) is 1. The van der Waals surface area contributed by atoms with Crippen LogP contribution >= 0.6 is 0 Å². The number of ketones is 1. The van der Waals surface area contributed by atoms with E-state index in [2.05, 4.69) is 13.8 Å². The highest BCUT2D eigenvalue weighted by atomic mass is 16.5. The summed E-state index contributed by atoms with van der Waals surface area (Å²) in [5.74, 6) is -0.565. The minimum absolute atomic E-state index is 0.0403. The van der Waals surface area contributed by atoms with Crippen LogP contribution in [0.4, 0.5) is 0 Å². The molecule has 1 N–H and O–H groups in total. The Labute approximate surface area is 183 Å². The van der Waals surface area contributed by atoms with Crippen LogP contribution in [0.3, 0.4) is 0 Å². The zero-order valence-electron chi connectivity index (χ0n) is 18.6. The molecule has 1 aliphatic heterocycles. The molecule has 3 rings (SSSR count). The lowest BCUT2D eigenvalue weighted by molar-refractivity contribution is -0.139. The molecule has 0 saturated carbocycles. The average Bonchev–Trinajstić information content (AvgIpc) is 3.03. The maximum absolute atomic E-state index is 13.1. The van der Waals surface area contributed by atoms with Gasteiger partial charge in [0.05, 0.1) is 25.8 Å². The molecule has 1 fully saturated rings. The van der Waals surface area contributed by atoms with E-state index in [1.165, 1.54) is 19.1 Å². The minimum Gasteiger partial charge on any atom is -0.506 e. The highest BCUT2D eigenvalue weighted by molar-refractivity contribution is 6.46. The van der Waals surface area contributed by atoms with E-state index in [1.807, 2.05) is 31.2 Å². The first-order chi connectivity index (χ1) is 14.8. The second kappa shape index (κ2) is 9.25. The Kier molecular flexibility index (Phi) is 6.68. The zero-order valence-corrected chi connectivity index (χ0v) is 18.6. The van der Waals surface area contributed by atoms with Gasteiger partial charge in [0, 0.05) is 6.54 Å². The summed E-state index contributed by atoms with van der Waals surface area (Å²) in [4.78, 5) is 27.5. The van der Waals surface area contributed by atoms with Crippen molar-refractivity contribution >= 4 is 17.4 Å². The van der Waals surface area contributed by atoms with Gasteiger partial charge in [0.2, 0.25) is 0 Å². The predicted octanol–water partition coefficient (Wildman–Crippen LogP) is 4.66. The normalized spacial score (nSPS) is 18.0. The minimum atomic E-state index is -0.711. The Morgan fingerprint density at radius 3 is 2.10 bits per heavy atom. The van der Waals surface area contributed by atoms with Gasteiger partial charge in [-0.1, -0.05) is 51.1 Å². The SMILES string of the molecule is CCCN1C(=O)C(=O)/C(=C(/O)c2c(OC)cccc2OC)C1c1ccc(C(C)C)cc1. The van der Waals surface area contributed by atoms with Crippen molar-refractivity contribution in [3.8, 4) is 11.5 Å². The number of likely N-dealkylation sites (tertiary alicyclic amines) is 1. The van der Waals surface area contributed by atoms with Crippen LogP contribution in [-0.2, 0) is 9.59 Å². The van der Waals surface area contributed by atoms with Crippen molar-refractivity contribution in [2.75, 3.05) is 20.8 Å². The molecule has 2 aromatic rings. The van der Waals surface area contributed by atoms with Gasteiger partial charge >= 0.3 is 0 Å². The van der Waals surface area contributed by atoms with Crippen molar-refractivity contribution in [2.45, 2.75) is 39.2 Å². The summed E-state index contributed by atoms with van der Waals surface area (Å²) < 4.78 is 10.8. The molecule has 1 atom stereocenters. The molecule has 6 heteroatoms. The first-order valence-electron chi connectivity index (χ1n) is 10.4. The van der Waals surface area contributed by atoms with Crippen molar-refractivity contribution in [1.29, 1.82) is 0 Å². The molecular formula is C25H29NO5. The standard InChI is InChI=1S/C25H29NO5/c1-6-14-26-22(17-12-10-16(11-13-17)15(2)3)21(24(28)25(26)29)23(27)20-18(30-4)8-7-9-19(20)31-5/h7-13,15,22,27H,6,14H2,1-5H3/b23-21+. The lowest BCUT2D eigenvalue weighted by atomic mass is 9.92. The number of hydrogen-bond donors (Lipinski definition) is 1. The Balaban J connectivity index is 2.25. The van der Waals surface area contributed by atoms with Gasteiger partial charge in [-0.2, -0.15) is 0 Å². The molecule has 1 amide bonds. The number of ether oxygens (including phenoxy) is 2. The molecule has 0 aromatic heterocycles. The number of aliphatic hydroxyl groups is 1. The fraction of sp³-hybridized carbons (Fsp3) is 0.360. The van der Waals surface area contributed by atoms with Crippen molar-refractivity contribution < 1.29 is 24.2 Å². The predicted molar refractivity (Wildman–Crippen MR) is 119 cm³/mol. The number of rotatable bonds is 7. The van der Waals surface area contributed by atoms with Crippen molar-refractivity contribution in [3.63, 3.8) is 0 Å². The topological polar surface area (TPSA) is 76.1 Å². The first-order valence-corrected chi connectivity index (χ1v) is 10.4. The second-order valence-corrected chi connectivity index (χ2v) is 7.85. The van der Waals surface area contributed by atoms with Gasteiger partial charge in [0.25, 0.3) is 11.7 Å². The quantitative estimate of drug-likeness (QED) is 0.398. The number of amides is 1. The zero-order chi connectivity index (χ0) is 22.7. The summed E-state index contributed by atoms with van der Waals surface area (Å²) in [5.41, 5.74) is 2.22. The Bertz CT molecular complexity index is 985. The fourth-order valence-electron chi connectivity index (χ4n) is 3.98. The van der Waals surface area contributed by atoms with Crippen LogP contribution in [0.2, 0.25) is 0 Å². The van der Waals surface area contributed by atoms with E-state index in [0.29, 0.717) is 30.4 Å². The molecule has 2 aromatic carbocycles. The van der Waals surface area contributed by atoms with Crippen LogP contribution in [-0.4, -0.2) is 42.5 Å². The van der Waals surface area contributed by atoms with Crippen LogP contribution in [0.1, 0.15) is 55.8 Å². The van der Waals surface area contributed by atoms with Gasteiger partial charge in [-0.3, -0.25) is 9.59 Å². The Hall–Kier alpha value is -3.28. The van der Waals surface area contributed by atoms with Crippen molar-refractivity contribution in [1.82, 2.24) is 4.90 Å². The lowest BCUT2D eigenvalue weighted by Crippen LogP contribution is -2.30. The Morgan fingerprint density at radius 1 is 1.03 bits per heavy atom.